The highest BCUT2D eigenvalue weighted by molar-refractivity contribution is 5.55. The van der Waals surface area contributed by atoms with Crippen molar-refractivity contribution in [1.29, 1.82) is 0 Å². The van der Waals surface area contributed by atoms with E-state index in [0.717, 1.165) is 5.69 Å². The summed E-state index contributed by atoms with van der Waals surface area (Å²) in [6, 6.07) is 5.12. The summed E-state index contributed by atoms with van der Waals surface area (Å²) in [6.45, 7) is 10.5. The second kappa shape index (κ2) is 5.27. The van der Waals surface area contributed by atoms with E-state index in [1.807, 2.05) is 20.0 Å². The summed E-state index contributed by atoms with van der Waals surface area (Å²) >= 11 is 0. The van der Waals surface area contributed by atoms with E-state index in [-0.39, 0.29) is 23.3 Å². The van der Waals surface area contributed by atoms with Gasteiger partial charge in [-0.25, -0.2) is 4.39 Å². The third-order valence-corrected chi connectivity index (χ3v) is 3.70. The average Bonchev–Trinajstić information content (AvgIpc) is 2.24. The van der Waals surface area contributed by atoms with Crippen LogP contribution >= 0.6 is 0 Å². The normalized spacial score (nSPS) is 15.3. The van der Waals surface area contributed by atoms with Gasteiger partial charge in [0.1, 0.15) is 5.82 Å². The molecule has 0 saturated heterocycles. The molecule has 0 bridgehead atoms. The SMILES string of the molecule is CC(N)c1c(F)cccc1N(C)C(C)C(C)(C)C. The molecule has 2 nitrogen and oxygen atoms in total. The van der Waals surface area contributed by atoms with Crippen LogP contribution in [0.1, 0.15) is 46.2 Å². The molecule has 0 aliphatic heterocycles. The van der Waals surface area contributed by atoms with Gasteiger partial charge >= 0.3 is 0 Å². The van der Waals surface area contributed by atoms with Crippen molar-refractivity contribution in [3.05, 3.63) is 29.6 Å². The monoisotopic (exact) mass is 252 g/mol. The molecule has 0 saturated carbocycles. The van der Waals surface area contributed by atoms with E-state index < -0.39 is 0 Å². The first-order chi connectivity index (χ1) is 8.16. The third-order valence-electron chi connectivity index (χ3n) is 3.70. The molecule has 1 aromatic rings. The summed E-state index contributed by atoms with van der Waals surface area (Å²) in [4.78, 5) is 2.11. The summed E-state index contributed by atoms with van der Waals surface area (Å²) in [7, 11) is 2.00. The maximum atomic E-state index is 13.9. The zero-order chi connectivity index (χ0) is 14.1. The first kappa shape index (κ1) is 15.0. The zero-order valence-corrected chi connectivity index (χ0v) is 12.3. The van der Waals surface area contributed by atoms with Gasteiger partial charge in [-0.05, 0) is 31.4 Å². The first-order valence-electron chi connectivity index (χ1n) is 6.43. The van der Waals surface area contributed by atoms with Gasteiger partial charge in [-0.15, -0.1) is 0 Å². The van der Waals surface area contributed by atoms with Crippen molar-refractivity contribution in [3.63, 3.8) is 0 Å². The van der Waals surface area contributed by atoms with Crippen LogP contribution in [0, 0.1) is 11.2 Å². The average molecular weight is 252 g/mol. The van der Waals surface area contributed by atoms with Gasteiger partial charge in [-0.2, -0.15) is 0 Å². The third kappa shape index (κ3) is 3.02. The Morgan fingerprint density at radius 3 is 2.22 bits per heavy atom. The fraction of sp³-hybridized carbons (Fsp3) is 0.600. The van der Waals surface area contributed by atoms with Gasteiger partial charge in [0, 0.05) is 30.4 Å². The van der Waals surface area contributed by atoms with Crippen molar-refractivity contribution in [2.45, 2.75) is 46.7 Å². The fourth-order valence-corrected chi connectivity index (χ4v) is 2.07. The van der Waals surface area contributed by atoms with Gasteiger partial charge in [0.05, 0.1) is 0 Å². The Bertz CT molecular complexity index is 407. The van der Waals surface area contributed by atoms with Crippen LogP contribution in [0.3, 0.4) is 0 Å². The minimum Gasteiger partial charge on any atom is -0.371 e. The van der Waals surface area contributed by atoms with Crippen molar-refractivity contribution < 1.29 is 4.39 Å². The summed E-state index contributed by atoms with van der Waals surface area (Å²) in [6.07, 6.45) is 0. The smallest absolute Gasteiger partial charge is 0.130 e. The van der Waals surface area contributed by atoms with E-state index in [9.17, 15) is 4.39 Å². The molecule has 0 aliphatic rings. The molecule has 2 N–H and O–H groups in total. The molecule has 18 heavy (non-hydrogen) atoms. The Morgan fingerprint density at radius 1 is 1.22 bits per heavy atom. The largest absolute Gasteiger partial charge is 0.371 e. The van der Waals surface area contributed by atoms with Crippen LogP contribution in [0.25, 0.3) is 0 Å². The molecule has 0 amide bonds. The Morgan fingerprint density at radius 2 is 1.78 bits per heavy atom. The van der Waals surface area contributed by atoms with Gasteiger partial charge in [-0.3, -0.25) is 0 Å². The second-order valence-electron chi connectivity index (χ2n) is 6.11. The van der Waals surface area contributed by atoms with Crippen molar-refractivity contribution in [2.75, 3.05) is 11.9 Å². The highest BCUT2D eigenvalue weighted by atomic mass is 19.1. The van der Waals surface area contributed by atoms with E-state index in [2.05, 4.69) is 32.6 Å². The van der Waals surface area contributed by atoms with E-state index in [0.29, 0.717) is 5.56 Å². The number of halogens is 1. The maximum absolute atomic E-state index is 13.9. The molecular weight excluding hydrogens is 227 g/mol. The fourth-order valence-electron chi connectivity index (χ4n) is 2.07. The summed E-state index contributed by atoms with van der Waals surface area (Å²) in [5.74, 6) is -0.226. The molecule has 2 atom stereocenters. The van der Waals surface area contributed by atoms with E-state index in [4.69, 9.17) is 5.73 Å². The van der Waals surface area contributed by atoms with Crippen LogP contribution < -0.4 is 10.6 Å². The highest BCUT2D eigenvalue weighted by Gasteiger charge is 2.26. The Balaban J connectivity index is 3.21. The molecule has 102 valence electrons. The van der Waals surface area contributed by atoms with Crippen molar-refractivity contribution >= 4 is 5.69 Å². The molecule has 1 rings (SSSR count). The number of anilines is 1. The van der Waals surface area contributed by atoms with Gasteiger partial charge in [0.2, 0.25) is 0 Å². The molecule has 0 radical (unpaired) electrons. The Kier molecular flexibility index (Phi) is 4.38. The second-order valence-corrected chi connectivity index (χ2v) is 6.11. The summed E-state index contributed by atoms with van der Waals surface area (Å²) < 4.78 is 13.9. The van der Waals surface area contributed by atoms with E-state index in [1.54, 1.807) is 6.07 Å². The number of hydrogen-bond donors (Lipinski definition) is 1. The summed E-state index contributed by atoms with van der Waals surface area (Å²) in [5.41, 5.74) is 7.49. The molecule has 0 aromatic heterocycles. The van der Waals surface area contributed by atoms with Gasteiger partial charge < -0.3 is 10.6 Å². The quantitative estimate of drug-likeness (QED) is 0.888. The number of hydrogen-bond acceptors (Lipinski definition) is 2. The van der Waals surface area contributed by atoms with E-state index >= 15 is 0 Å². The van der Waals surface area contributed by atoms with Crippen LogP contribution in [-0.4, -0.2) is 13.1 Å². The Labute approximate surface area is 110 Å². The van der Waals surface area contributed by atoms with Crippen LogP contribution in [0.15, 0.2) is 18.2 Å². The molecule has 0 spiro atoms. The van der Waals surface area contributed by atoms with Gasteiger partial charge in [0.15, 0.2) is 0 Å². The first-order valence-corrected chi connectivity index (χ1v) is 6.43. The van der Waals surface area contributed by atoms with Crippen LogP contribution in [0.5, 0.6) is 0 Å². The van der Waals surface area contributed by atoms with Crippen LogP contribution in [0.2, 0.25) is 0 Å². The van der Waals surface area contributed by atoms with Gasteiger partial charge in [0.25, 0.3) is 0 Å². The molecular formula is C15H25FN2. The number of benzene rings is 1. The van der Waals surface area contributed by atoms with Crippen LogP contribution in [-0.2, 0) is 0 Å². The van der Waals surface area contributed by atoms with Crippen molar-refractivity contribution in [3.8, 4) is 0 Å². The van der Waals surface area contributed by atoms with Crippen molar-refractivity contribution in [1.82, 2.24) is 0 Å². The minimum absolute atomic E-state index is 0.121. The van der Waals surface area contributed by atoms with E-state index in [1.165, 1.54) is 6.07 Å². The number of nitrogens with two attached hydrogens (primary N) is 1. The molecule has 0 heterocycles. The standard InChI is InChI=1S/C15H25FN2/c1-10(17)14-12(16)8-7-9-13(14)18(6)11(2)15(3,4)5/h7-11H,17H2,1-6H3. The molecule has 2 unspecified atom stereocenters. The molecule has 1 aromatic carbocycles. The number of nitrogens with zero attached hydrogens (tertiary/aromatic N) is 1. The molecule has 0 aliphatic carbocycles. The molecule has 0 fully saturated rings. The Hall–Kier alpha value is -1.09. The summed E-state index contributed by atoms with van der Waals surface area (Å²) in [5, 5.41) is 0. The number of rotatable bonds is 3. The molecule has 3 heteroatoms. The predicted molar refractivity (Wildman–Crippen MR) is 76.3 cm³/mol. The topological polar surface area (TPSA) is 29.3 Å². The van der Waals surface area contributed by atoms with Crippen LogP contribution in [0.4, 0.5) is 10.1 Å². The lowest BCUT2D eigenvalue weighted by Crippen LogP contribution is -2.40. The lowest BCUT2D eigenvalue weighted by Gasteiger charge is -2.38. The van der Waals surface area contributed by atoms with Gasteiger partial charge in [-0.1, -0.05) is 26.8 Å². The maximum Gasteiger partial charge on any atom is 0.130 e. The minimum atomic E-state index is -0.309. The van der Waals surface area contributed by atoms with Crippen molar-refractivity contribution in [2.24, 2.45) is 11.1 Å². The highest BCUT2D eigenvalue weighted by Crippen LogP contribution is 2.32. The predicted octanol–water partition coefficient (Wildman–Crippen LogP) is 3.72. The lowest BCUT2D eigenvalue weighted by molar-refractivity contribution is 0.329. The zero-order valence-electron chi connectivity index (χ0n) is 12.3. The lowest BCUT2D eigenvalue weighted by atomic mass is 9.86.